The molecule has 0 spiro atoms. The van der Waals surface area contributed by atoms with Crippen LogP contribution in [-0.2, 0) is 16.1 Å². The first-order chi connectivity index (χ1) is 14.6. The first-order valence-corrected chi connectivity index (χ1v) is 10.1. The molecule has 0 bridgehead atoms. The van der Waals surface area contributed by atoms with Crippen molar-refractivity contribution in [3.05, 3.63) is 71.9 Å². The third kappa shape index (κ3) is 5.75. The fourth-order valence-electron chi connectivity index (χ4n) is 2.97. The van der Waals surface area contributed by atoms with E-state index in [0.29, 0.717) is 17.9 Å². The van der Waals surface area contributed by atoms with Gasteiger partial charge in [-0.25, -0.2) is 4.79 Å². The summed E-state index contributed by atoms with van der Waals surface area (Å²) in [5.41, 5.74) is 1.84. The molecule has 0 N–H and O–H groups in total. The zero-order chi connectivity index (χ0) is 22.6. The molecular weight excluding hydrogens is 392 g/mol. The molecule has 31 heavy (non-hydrogen) atoms. The Kier molecular flexibility index (Phi) is 6.49. The minimum atomic E-state index is -0.622. The number of nitrogens with zero attached hydrogens (tertiary/aromatic N) is 2. The Labute approximate surface area is 182 Å². The van der Waals surface area contributed by atoms with Crippen molar-refractivity contribution in [3.63, 3.8) is 0 Å². The average molecular weight is 421 g/mol. The standard InChI is InChI=1S/C25H28N2O4/c1-25(2,3)31-24(29)27-16-19(11-14-23(28)26(4)5)21-15-20(12-13-22(21)27)30-17-18-9-7-6-8-10-18/h6-16H,17H2,1-5H3/b14-11-. The minimum Gasteiger partial charge on any atom is -0.489 e. The Morgan fingerprint density at radius 2 is 1.77 bits per heavy atom. The van der Waals surface area contributed by atoms with Crippen LogP contribution in [0.4, 0.5) is 4.79 Å². The van der Waals surface area contributed by atoms with Gasteiger partial charge in [0.1, 0.15) is 18.0 Å². The number of hydrogen-bond donors (Lipinski definition) is 0. The Balaban J connectivity index is 1.97. The van der Waals surface area contributed by atoms with Crippen molar-refractivity contribution in [2.24, 2.45) is 0 Å². The van der Waals surface area contributed by atoms with E-state index in [4.69, 9.17) is 9.47 Å². The monoisotopic (exact) mass is 420 g/mol. The minimum absolute atomic E-state index is 0.144. The Morgan fingerprint density at radius 3 is 2.42 bits per heavy atom. The van der Waals surface area contributed by atoms with Crippen LogP contribution in [0.3, 0.4) is 0 Å². The zero-order valence-corrected chi connectivity index (χ0v) is 18.6. The SMILES string of the molecule is CN(C)C(=O)/C=C\c1cn(C(=O)OC(C)(C)C)c2ccc(OCc3ccccc3)cc12. The van der Waals surface area contributed by atoms with E-state index in [1.54, 1.807) is 26.4 Å². The molecule has 162 valence electrons. The second kappa shape index (κ2) is 9.08. The van der Waals surface area contributed by atoms with Crippen LogP contribution < -0.4 is 4.74 Å². The second-order valence-electron chi connectivity index (χ2n) is 8.45. The van der Waals surface area contributed by atoms with Crippen molar-refractivity contribution < 1.29 is 19.1 Å². The van der Waals surface area contributed by atoms with Crippen LogP contribution in [0, 0.1) is 0 Å². The zero-order valence-electron chi connectivity index (χ0n) is 18.6. The molecule has 0 fully saturated rings. The van der Waals surface area contributed by atoms with E-state index in [-0.39, 0.29) is 5.91 Å². The van der Waals surface area contributed by atoms with Gasteiger partial charge in [0.15, 0.2) is 0 Å². The van der Waals surface area contributed by atoms with Gasteiger partial charge >= 0.3 is 6.09 Å². The van der Waals surface area contributed by atoms with Gasteiger partial charge in [0.25, 0.3) is 0 Å². The quantitative estimate of drug-likeness (QED) is 0.539. The number of amides is 1. The molecule has 1 heterocycles. The van der Waals surface area contributed by atoms with Crippen molar-refractivity contribution in [1.82, 2.24) is 9.47 Å². The Hall–Kier alpha value is -3.54. The molecule has 6 heteroatoms. The highest BCUT2D eigenvalue weighted by atomic mass is 16.6. The van der Waals surface area contributed by atoms with Gasteiger partial charge in [-0.05, 0) is 50.6 Å². The summed E-state index contributed by atoms with van der Waals surface area (Å²) in [6, 6.07) is 15.4. The summed E-state index contributed by atoms with van der Waals surface area (Å²) in [5.74, 6) is 0.529. The number of likely N-dealkylation sites (N-methyl/N-ethyl adjacent to an activating group) is 1. The van der Waals surface area contributed by atoms with Crippen LogP contribution in [0.25, 0.3) is 17.0 Å². The van der Waals surface area contributed by atoms with E-state index in [1.165, 1.54) is 15.5 Å². The summed E-state index contributed by atoms with van der Waals surface area (Å²) in [4.78, 5) is 26.2. The first-order valence-electron chi connectivity index (χ1n) is 10.1. The van der Waals surface area contributed by atoms with Crippen molar-refractivity contribution in [3.8, 4) is 5.75 Å². The summed E-state index contributed by atoms with van der Waals surface area (Å²) in [7, 11) is 3.37. The van der Waals surface area contributed by atoms with Crippen molar-refractivity contribution in [1.29, 1.82) is 0 Å². The van der Waals surface area contributed by atoms with E-state index >= 15 is 0 Å². The van der Waals surface area contributed by atoms with Crippen LogP contribution in [0.1, 0.15) is 31.9 Å². The fraction of sp³-hybridized carbons (Fsp3) is 0.280. The number of aromatic nitrogens is 1. The molecule has 0 aliphatic rings. The lowest BCUT2D eigenvalue weighted by atomic mass is 10.1. The highest BCUT2D eigenvalue weighted by Gasteiger charge is 2.20. The normalized spacial score (nSPS) is 11.6. The van der Waals surface area contributed by atoms with Gasteiger partial charge in [-0.2, -0.15) is 0 Å². The molecule has 6 nitrogen and oxygen atoms in total. The predicted octanol–water partition coefficient (Wildman–Crippen LogP) is 5.10. The van der Waals surface area contributed by atoms with E-state index in [9.17, 15) is 9.59 Å². The third-order valence-corrected chi connectivity index (χ3v) is 4.49. The maximum atomic E-state index is 12.7. The van der Waals surface area contributed by atoms with Crippen LogP contribution in [0.5, 0.6) is 5.75 Å². The van der Waals surface area contributed by atoms with Gasteiger partial charge in [-0.15, -0.1) is 0 Å². The van der Waals surface area contributed by atoms with Crippen LogP contribution in [0.2, 0.25) is 0 Å². The molecule has 0 radical (unpaired) electrons. The molecule has 0 atom stereocenters. The lowest BCUT2D eigenvalue weighted by molar-refractivity contribution is -0.123. The van der Waals surface area contributed by atoms with E-state index in [0.717, 1.165) is 16.5 Å². The van der Waals surface area contributed by atoms with Crippen LogP contribution in [0.15, 0.2) is 60.8 Å². The van der Waals surface area contributed by atoms with E-state index in [2.05, 4.69) is 0 Å². The molecule has 1 aromatic heterocycles. The molecule has 3 aromatic rings. The number of ether oxygens (including phenoxy) is 2. The maximum absolute atomic E-state index is 12.7. The molecule has 0 unspecified atom stereocenters. The summed E-state index contributed by atoms with van der Waals surface area (Å²) in [6.45, 7) is 5.90. The van der Waals surface area contributed by atoms with Crippen LogP contribution >= 0.6 is 0 Å². The number of carbonyl (C=O) groups is 2. The lowest BCUT2D eigenvalue weighted by Crippen LogP contribution is -2.26. The summed E-state index contributed by atoms with van der Waals surface area (Å²) < 4.78 is 12.9. The number of hydrogen-bond acceptors (Lipinski definition) is 4. The fourth-order valence-corrected chi connectivity index (χ4v) is 2.97. The van der Waals surface area contributed by atoms with Gasteiger partial charge in [0.2, 0.25) is 5.91 Å². The highest BCUT2D eigenvalue weighted by Crippen LogP contribution is 2.28. The first kappa shape index (κ1) is 22.2. The van der Waals surface area contributed by atoms with E-state index < -0.39 is 11.7 Å². The second-order valence-corrected chi connectivity index (χ2v) is 8.45. The lowest BCUT2D eigenvalue weighted by Gasteiger charge is -2.19. The van der Waals surface area contributed by atoms with Crippen molar-refractivity contribution >= 4 is 29.0 Å². The molecule has 0 saturated heterocycles. The van der Waals surface area contributed by atoms with E-state index in [1.807, 2.05) is 69.3 Å². The highest BCUT2D eigenvalue weighted by molar-refractivity contribution is 5.99. The van der Waals surface area contributed by atoms with Gasteiger partial charge < -0.3 is 14.4 Å². The molecule has 2 aromatic carbocycles. The van der Waals surface area contributed by atoms with Crippen molar-refractivity contribution in [2.75, 3.05) is 14.1 Å². The number of carbonyl (C=O) groups excluding carboxylic acids is 2. The molecular formula is C25H28N2O4. The van der Waals surface area contributed by atoms with Gasteiger partial charge in [0.05, 0.1) is 5.52 Å². The van der Waals surface area contributed by atoms with Crippen LogP contribution in [-0.4, -0.2) is 41.2 Å². The van der Waals surface area contributed by atoms with Crippen molar-refractivity contribution in [2.45, 2.75) is 33.0 Å². The number of fused-ring (bicyclic) bond motifs is 1. The number of benzene rings is 2. The molecule has 0 saturated carbocycles. The van der Waals surface area contributed by atoms with Gasteiger partial charge in [-0.1, -0.05) is 30.3 Å². The smallest absolute Gasteiger partial charge is 0.419 e. The predicted molar refractivity (Wildman–Crippen MR) is 122 cm³/mol. The Morgan fingerprint density at radius 1 is 1.06 bits per heavy atom. The topological polar surface area (TPSA) is 60.8 Å². The molecule has 0 aliphatic carbocycles. The molecule has 3 rings (SSSR count). The molecule has 0 aliphatic heterocycles. The largest absolute Gasteiger partial charge is 0.489 e. The molecule has 1 amide bonds. The third-order valence-electron chi connectivity index (χ3n) is 4.49. The maximum Gasteiger partial charge on any atom is 0.419 e. The summed E-state index contributed by atoms with van der Waals surface area (Å²) >= 11 is 0. The summed E-state index contributed by atoms with van der Waals surface area (Å²) in [5, 5.41) is 0.791. The van der Waals surface area contributed by atoms with Gasteiger partial charge in [-0.3, -0.25) is 9.36 Å². The average Bonchev–Trinajstić information content (AvgIpc) is 3.08. The Bertz CT molecular complexity index is 1110. The number of rotatable bonds is 5. The van der Waals surface area contributed by atoms with Gasteiger partial charge in [0, 0.05) is 37.3 Å². The summed E-state index contributed by atoms with van der Waals surface area (Å²) in [6.07, 6.45) is 4.38.